The first-order valence-electron chi connectivity index (χ1n) is 8.52. The van der Waals surface area contributed by atoms with Gasteiger partial charge in [0.15, 0.2) is 6.21 Å². The highest BCUT2D eigenvalue weighted by atomic mass is 16.5. The lowest BCUT2D eigenvalue weighted by molar-refractivity contribution is -0.375. The van der Waals surface area contributed by atoms with Crippen LogP contribution in [0.1, 0.15) is 11.1 Å². The summed E-state index contributed by atoms with van der Waals surface area (Å²) in [6, 6.07) is 27.9. The van der Waals surface area contributed by atoms with Crippen LogP contribution >= 0.6 is 0 Å². The van der Waals surface area contributed by atoms with Gasteiger partial charge in [-0.3, -0.25) is 0 Å². The summed E-state index contributed by atoms with van der Waals surface area (Å²) in [5.74, 6) is -0.786. The molecule has 0 amide bonds. The van der Waals surface area contributed by atoms with Crippen molar-refractivity contribution < 1.29 is 19.2 Å². The van der Waals surface area contributed by atoms with Crippen LogP contribution in [0, 0.1) is 0 Å². The van der Waals surface area contributed by atoms with Gasteiger partial charge in [0.2, 0.25) is 11.4 Å². The van der Waals surface area contributed by atoms with E-state index < -0.39 is 5.97 Å². The Labute approximate surface area is 158 Å². The molecule has 134 valence electrons. The van der Waals surface area contributed by atoms with E-state index in [0.717, 1.165) is 11.3 Å². The van der Waals surface area contributed by atoms with E-state index in [1.54, 1.807) is 35.1 Å². The predicted octanol–water partition coefficient (Wildman–Crippen LogP) is 4.55. The molecular formula is C23H20NO3+. The third-order valence-electron chi connectivity index (χ3n) is 4.00. The molecule has 0 saturated carbocycles. The van der Waals surface area contributed by atoms with Crippen LogP contribution in [-0.4, -0.2) is 29.0 Å². The minimum atomic E-state index is -0.632. The van der Waals surface area contributed by atoms with E-state index in [-0.39, 0.29) is 11.5 Å². The van der Waals surface area contributed by atoms with Gasteiger partial charge < -0.3 is 9.84 Å². The molecule has 0 saturated heterocycles. The van der Waals surface area contributed by atoms with Crippen LogP contribution in [-0.2, 0) is 9.53 Å². The van der Waals surface area contributed by atoms with Crippen molar-refractivity contribution in [1.29, 1.82) is 0 Å². The van der Waals surface area contributed by atoms with Gasteiger partial charge >= 0.3 is 11.7 Å². The number of hydrogen-bond donors (Lipinski definition) is 1. The second-order valence-corrected chi connectivity index (χ2v) is 5.80. The normalized spacial score (nSPS) is 12.3. The van der Waals surface area contributed by atoms with E-state index in [0.29, 0.717) is 5.56 Å². The number of methoxy groups -OCH3 is 1. The highest BCUT2D eigenvalue weighted by Crippen LogP contribution is 2.24. The van der Waals surface area contributed by atoms with Crippen molar-refractivity contribution in [3.63, 3.8) is 0 Å². The number of carbonyl (C=O) groups excluding carboxylic acids is 1. The van der Waals surface area contributed by atoms with Gasteiger partial charge in [0, 0.05) is 23.3 Å². The number of aliphatic hydroxyl groups excluding tert-OH is 1. The van der Waals surface area contributed by atoms with Gasteiger partial charge in [0.05, 0.1) is 7.11 Å². The maximum Gasteiger partial charge on any atom is 0.408 e. The van der Waals surface area contributed by atoms with Crippen molar-refractivity contribution in [2.24, 2.45) is 0 Å². The van der Waals surface area contributed by atoms with Crippen molar-refractivity contribution in [3.8, 4) is 0 Å². The third-order valence-corrected chi connectivity index (χ3v) is 4.00. The zero-order valence-electron chi connectivity index (χ0n) is 14.9. The first-order chi connectivity index (χ1) is 13.2. The molecular weight excluding hydrogens is 338 g/mol. The molecule has 0 fully saturated rings. The molecule has 3 aromatic rings. The summed E-state index contributed by atoms with van der Waals surface area (Å²) >= 11 is 0. The standard InChI is InChI=1S/C23H19NO3/c1-27-23(26)21(22(25)19-13-7-3-8-14-19)24(20-15-9-4-10-16-20)17-18-11-5-2-6-12-18/h2-17H,1H3/p+1. The Morgan fingerprint density at radius 2 is 1.37 bits per heavy atom. The van der Waals surface area contributed by atoms with Crippen LogP contribution in [0.4, 0.5) is 5.69 Å². The van der Waals surface area contributed by atoms with Gasteiger partial charge in [0.25, 0.3) is 0 Å². The fraction of sp³-hybridized carbons (Fsp3) is 0.0435. The molecule has 27 heavy (non-hydrogen) atoms. The number of benzene rings is 3. The number of esters is 1. The molecule has 0 unspecified atom stereocenters. The smallest absolute Gasteiger partial charge is 0.408 e. The topological polar surface area (TPSA) is 49.5 Å². The zero-order chi connectivity index (χ0) is 19.1. The molecule has 1 N–H and O–H groups in total. The fourth-order valence-corrected chi connectivity index (χ4v) is 2.68. The van der Waals surface area contributed by atoms with Gasteiger partial charge in [-0.25, -0.2) is 4.79 Å². The van der Waals surface area contributed by atoms with E-state index in [9.17, 15) is 9.90 Å². The van der Waals surface area contributed by atoms with Crippen LogP contribution in [0.25, 0.3) is 5.76 Å². The molecule has 0 atom stereocenters. The van der Waals surface area contributed by atoms with E-state index in [2.05, 4.69) is 0 Å². The summed E-state index contributed by atoms with van der Waals surface area (Å²) in [4.78, 5) is 12.6. The Morgan fingerprint density at radius 1 is 0.852 bits per heavy atom. The molecule has 3 aromatic carbocycles. The minimum Gasteiger partial charge on any atom is -0.502 e. The number of carbonyl (C=O) groups is 1. The number of hydrogen-bond acceptors (Lipinski definition) is 3. The molecule has 0 aliphatic carbocycles. The van der Waals surface area contributed by atoms with Gasteiger partial charge in [0.1, 0.15) is 0 Å². The van der Waals surface area contributed by atoms with Gasteiger partial charge in [-0.2, -0.15) is 4.58 Å². The number of ether oxygens (including phenoxy) is 1. The summed E-state index contributed by atoms with van der Waals surface area (Å²) in [7, 11) is 1.30. The Morgan fingerprint density at radius 3 is 1.93 bits per heavy atom. The van der Waals surface area contributed by atoms with E-state index in [4.69, 9.17) is 4.74 Å². The fourth-order valence-electron chi connectivity index (χ4n) is 2.68. The lowest BCUT2D eigenvalue weighted by atomic mass is 10.1. The lowest BCUT2D eigenvalue weighted by Crippen LogP contribution is -2.19. The van der Waals surface area contributed by atoms with Crippen molar-refractivity contribution in [2.75, 3.05) is 7.11 Å². The summed E-state index contributed by atoms with van der Waals surface area (Å²) in [6.45, 7) is 0. The molecule has 4 nitrogen and oxygen atoms in total. The number of para-hydroxylation sites is 1. The Balaban J connectivity index is 2.27. The Kier molecular flexibility index (Phi) is 5.80. The SMILES string of the molecule is COC(=O)/C(=C(/O)c1ccccc1)[N+](=Cc1ccccc1)c1ccccc1. The maximum absolute atomic E-state index is 12.6. The second-order valence-electron chi connectivity index (χ2n) is 5.80. The highest BCUT2D eigenvalue weighted by Gasteiger charge is 2.31. The molecule has 0 aromatic heterocycles. The van der Waals surface area contributed by atoms with E-state index in [1.807, 2.05) is 66.7 Å². The molecule has 0 aliphatic rings. The molecule has 0 heterocycles. The Bertz CT molecular complexity index is 962. The summed E-state index contributed by atoms with van der Waals surface area (Å²) < 4.78 is 6.62. The van der Waals surface area contributed by atoms with Crippen LogP contribution in [0.2, 0.25) is 0 Å². The van der Waals surface area contributed by atoms with Crippen LogP contribution < -0.4 is 0 Å². The number of rotatable bonds is 5. The second kappa shape index (κ2) is 8.63. The summed E-state index contributed by atoms with van der Waals surface area (Å²) in [5.41, 5.74) is 2.17. The highest BCUT2D eigenvalue weighted by molar-refractivity contribution is 5.95. The molecule has 0 spiro atoms. The number of nitrogens with zero attached hydrogens (tertiary/aromatic N) is 1. The van der Waals surface area contributed by atoms with Crippen LogP contribution in [0.15, 0.2) is 96.7 Å². The van der Waals surface area contributed by atoms with E-state index >= 15 is 0 Å². The molecule has 3 rings (SSSR count). The lowest BCUT2D eigenvalue weighted by Gasteiger charge is -2.08. The molecule has 0 aliphatic heterocycles. The largest absolute Gasteiger partial charge is 0.502 e. The number of aliphatic hydroxyl groups is 1. The van der Waals surface area contributed by atoms with Gasteiger partial charge in [-0.1, -0.05) is 66.7 Å². The van der Waals surface area contributed by atoms with Crippen molar-refractivity contribution in [2.45, 2.75) is 0 Å². The van der Waals surface area contributed by atoms with Crippen molar-refractivity contribution in [1.82, 2.24) is 0 Å². The predicted molar refractivity (Wildman–Crippen MR) is 106 cm³/mol. The average molecular weight is 358 g/mol. The maximum atomic E-state index is 12.6. The quantitative estimate of drug-likeness (QED) is 0.239. The van der Waals surface area contributed by atoms with Gasteiger partial charge in [-0.05, 0) is 12.1 Å². The van der Waals surface area contributed by atoms with Crippen molar-refractivity contribution >= 4 is 23.6 Å². The van der Waals surface area contributed by atoms with Crippen LogP contribution in [0.5, 0.6) is 0 Å². The van der Waals surface area contributed by atoms with Crippen LogP contribution in [0.3, 0.4) is 0 Å². The molecule has 4 heteroatoms. The third kappa shape index (κ3) is 4.30. The first-order valence-corrected chi connectivity index (χ1v) is 8.52. The van der Waals surface area contributed by atoms with Crippen molar-refractivity contribution in [3.05, 3.63) is 108 Å². The molecule has 0 radical (unpaired) electrons. The Hall–Kier alpha value is -3.66. The molecule has 0 bridgehead atoms. The zero-order valence-corrected chi connectivity index (χ0v) is 14.9. The summed E-state index contributed by atoms with van der Waals surface area (Å²) in [5, 5.41) is 10.9. The average Bonchev–Trinajstić information content (AvgIpc) is 2.75. The summed E-state index contributed by atoms with van der Waals surface area (Å²) in [6.07, 6.45) is 1.79. The monoisotopic (exact) mass is 358 g/mol. The van der Waals surface area contributed by atoms with E-state index in [1.165, 1.54) is 7.11 Å². The minimum absolute atomic E-state index is 0.0405. The van der Waals surface area contributed by atoms with Gasteiger partial charge in [-0.15, -0.1) is 0 Å². The first kappa shape index (κ1) is 18.1.